The van der Waals surface area contributed by atoms with E-state index in [0.717, 1.165) is 12.0 Å². The Balaban J connectivity index is 2.06. The summed E-state index contributed by atoms with van der Waals surface area (Å²) in [6, 6.07) is 11.8. The number of aromatic nitrogens is 1. The number of pyridine rings is 1. The van der Waals surface area contributed by atoms with Crippen LogP contribution in [0.1, 0.15) is 55.2 Å². The van der Waals surface area contributed by atoms with Crippen LogP contribution in [0, 0.1) is 5.92 Å². The van der Waals surface area contributed by atoms with E-state index in [1.165, 1.54) is 5.56 Å². The lowest BCUT2D eigenvalue weighted by atomic mass is 10.00. The molecule has 0 aliphatic rings. The Morgan fingerprint density at radius 1 is 1.17 bits per heavy atom. The van der Waals surface area contributed by atoms with Crippen LogP contribution in [0.3, 0.4) is 0 Å². The summed E-state index contributed by atoms with van der Waals surface area (Å²) in [6.45, 7) is 8.75. The number of nitrogens with one attached hydrogen (secondary N) is 1. The van der Waals surface area contributed by atoms with E-state index in [4.69, 9.17) is 4.74 Å². The quantitative estimate of drug-likeness (QED) is 0.831. The van der Waals surface area contributed by atoms with Gasteiger partial charge in [0.1, 0.15) is 5.56 Å². The summed E-state index contributed by atoms with van der Waals surface area (Å²) < 4.78 is 5.43. The SMILES string of the molecule is CCOc1ncccc1C(=O)NC(C)c1ccc(CC(C)C)cc1. The van der Waals surface area contributed by atoms with Crippen LogP contribution in [-0.4, -0.2) is 17.5 Å². The highest BCUT2D eigenvalue weighted by atomic mass is 16.5. The molecule has 0 spiro atoms. The molecule has 0 aliphatic carbocycles. The standard InChI is InChI=1S/C20H26N2O2/c1-5-24-20-18(7-6-12-21-20)19(23)22-15(4)17-10-8-16(9-11-17)13-14(2)3/h6-12,14-15H,5,13H2,1-4H3,(H,22,23). The van der Waals surface area contributed by atoms with E-state index in [0.29, 0.717) is 24.0 Å². The molecule has 0 fully saturated rings. The molecule has 4 heteroatoms. The third kappa shape index (κ3) is 4.82. The number of carbonyl (C=O) groups is 1. The second-order valence-corrected chi connectivity index (χ2v) is 6.32. The van der Waals surface area contributed by atoms with Crippen LogP contribution < -0.4 is 10.1 Å². The van der Waals surface area contributed by atoms with E-state index in [-0.39, 0.29) is 11.9 Å². The molecular formula is C20H26N2O2. The Bertz CT molecular complexity index is 666. The molecule has 24 heavy (non-hydrogen) atoms. The Labute approximate surface area is 144 Å². The number of nitrogens with zero attached hydrogens (tertiary/aromatic N) is 1. The first-order valence-electron chi connectivity index (χ1n) is 8.48. The van der Waals surface area contributed by atoms with Gasteiger partial charge in [-0.05, 0) is 49.4 Å². The second-order valence-electron chi connectivity index (χ2n) is 6.32. The molecule has 4 nitrogen and oxygen atoms in total. The summed E-state index contributed by atoms with van der Waals surface area (Å²) in [7, 11) is 0. The van der Waals surface area contributed by atoms with Gasteiger partial charge in [0.05, 0.1) is 12.6 Å². The Kier molecular flexibility index (Phi) is 6.36. The van der Waals surface area contributed by atoms with Gasteiger partial charge in [-0.15, -0.1) is 0 Å². The van der Waals surface area contributed by atoms with Crippen molar-refractivity contribution in [3.63, 3.8) is 0 Å². The number of ether oxygens (including phenoxy) is 1. The van der Waals surface area contributed by atoms with Crippen LogP contribution in [0.25, 0.3) is 0 Å². The summed E-state index contributed by atoms with van der Waals surface area (Å²) >= 11 is 0. The van der Waals surface area contributed by atoms with Gasteiger partial charge in [-0.1, -0.05) is 38.1 Å². The van der Waals surface area contributed by atoms with Gasteiger partial charge >= 0.3 is 0 Å². The molecule has 1 heterocycles. The molecule has 1 aromatic heterocycles. The second kappa shape index (κ2) is 8.48. The fourth-order valence-electron chi connectivity index (χ4n) is 2.59. The predicted molar refractivity (Wildman–Crippen MR) is 96.3 cm³/mol. The molecule has 2 rings (SSSR count). The number of hydrogen-bond donors (Lipinski definition) is 1. The van der Waals surface area contributed by atoms with Crippen LogP contribution in [0.4, 0.5) is 0 Å². The lowest BCUT2D eigenvalue weighted by Gasteiger charge is -2.16. The van der Waals surface area contributed by atoms with Gasteiger partial charge in [0, 0.05) is 6.20 Å². The van der Waals surface area contributed by atoms with Gasteiger partial charge in [0.2, 0.25) is 5.88 Å². The molecule has 0 radical (unpaired) electrons. The molecule has 0 bridgehead atoms. The number of rotatable bonds is 7. The summed E-state index contributed by atoms with van der Waals surface area (Å²) in [5.41, 5.74) is 2.86. The van der Waals surface area contributed by atoms with Crippen LogP contribution in [0.15, 0.2) is 42.6 Å². The maximum absolute atomic E-state index is 12.5. The lowest BCUT2D eigenvalue weighted by molar-refractivity contribution is 0.0935. The van der Waals surface area contributed by atoms with E-state index >= 15 is 0 Å². The van der Waals surface area contributed by atoms with Gasteiger partial charge < -0.3 is 10.1 Å². The zero-order chi connectivity index (χ0) is 17.5. The minimum Gasteiger partial charge on any atom is -0.477 e. The number of benzene rings is 1. The average molecular weight is 326 g/mol. The number of carbonyl (C=O) groups excluding carboxylic acids is 1. The van der Waals surface area contributed by atoms with Crippen molar-refractivity contribution in [1.29, 1.82) is 0 Å². The van der Waals surface area contributed by atoms with E-state index in [1.54, 1.807) is 18.3 Å². The number of hydrogen-bond acceptors (Lipinski definition) is 3. The van der Waals surface area contributed by atoms with Crippen molar-refractivity contribution in [3.8, 4) is 5.88 Å². The first-order chi connectivity index (χ1) is 11.5. The topological polar surface area (TPSA) is 51.2 Å². The van der Waals surface area contributed by atoms with Crippen molar-refractivity contribution in [2.24, 2.45) is 5.92 Å². The van der Waals surface area contributed by atoms with Crippen molar-refractivity contribution in [3.05, 3.63) is 59.3 Å². The van der Waals surface area contributed by atoms with Crippen LogP contribution in [0.5, 0.6) is 5.88 Å². The summed E-state index contributed by atoms with van der Waals surface area (Å²) in [5.74, 6) is 0.831. The van der Waals surface area contributed by atoms with E-state index in [9.17, 15) is 4.79 Å². The highest BCUT2D eigenvalue weighted by Gasteiger charge is 2.16. The molecule has 1 atom stereocenters. The Hall–Kier alpha value is -2.36. The van der Waals surface area contributed by atoms with Gasteiger partial charge in [0.15, 0.2) is 0 Å². The molecule has 1 aromatic carbocycles. The van der Waals surface area contributed by atoms with Crippen molar-refractivity contribution in [2.45, 2.75) is 40.2 Å². The average Bonchev–Trinajstić information content (AvgIpc) is 2.55. The highest BCUT2D eigenvalue weighted by molar-refractivity contribution is 5.96. The molecule has 1 N–H and O–H groups in total. The molecule has 0 aliphatic heterocycles. The number of amides is 1. The van der Waals surface area contributed by atoms with Gasteiger partial charge in [0.25, 0.3) is 5.91 Å². The van der Waals surface area contributed by atoms with Crippen LogP contribution in [-0.2, 0) is 6.42 Å². The van der Waals surface area contributed by atoms with E-state index in [1.807, 2.05) is 13.8 Å². The summed E-state index contributed by atoms with van der Waals surface area (Å²) in [6.07, 6.45) is 2.69. The van der Waals surface area contributed by atoms with Crippen molar-refractivity contribution >= 4 is 5.91 Å². The maximum atomic E-state index is 12.5. The summed E-state index contributed by atoms with van der Waals surface area (Å²) in [4.78, 5) is 16.6. The minimum absolute atomic E-state index is 0.0831. The van der Waals surface area contributed by atoms with E-state index < -0.39 is 0 Å². The van der Waals surface area contributed by atoms with Crippen molar-refractivity contribution in [1.82, 2.24) is 10.3 Å². The lowest BCUT2D eigenvalue weighted by Crippen LogP contribution is -2.27. The third-order valence-electron chi connectivity index (χ3n) is 3.77. The molecule has 0 saturated carbocycles. The van der Waals surface area contributed by atoms with Gasteiger partial charge in [-0.2, -0.15) is 0 Å². The molecule has 1 unspecified atom stereocenters. The first-order valence-corrected chi connectivity index (χ1v) is 8.48. The van der Waals surface area contributed by atoms with E-state index in [2.05, 4.69) is 48.4 Å². The molecule has 128 valence electrons. The molecular weight excluding hydrogens is 300 g/mol. The van der Waals surface area contributed by atoms with Gasteiger partial charge in [-0.3, -0.25) is 4.79 Å². The largest absolute Gasteiger partial charge is 0.477 e. The maximum Gasteiger partial charge on any atom is 0.257 e. The highest BCUT2D eigenvalue weighted by Crippen LogP contribution is 2.18. The fourth-order valence-corrected chi connectivity index (χ4v) is 2.59. The molecule has 2 aromatic rings. The van der Waals surface area contributed by atoms with Crippen molar-refractivity contribution < 1.29 is 9.53 Å². The monoisotopic (exact) mass is 326 g/mol. The molecule has 0 saturated heterocycles. The fraction of sp³-hybridized carbons (Fsp3) is 0.400. The smallest absolute Gasteiger partial charge is 0.257 e. The predicted octanol–water partition coefficient (Wildman–Crippen LogP) is 4.17. The zero-order valence-corrected chi connectivity index (χ0v) is 14.9. The normalized spacial score (nSPS) is 12.0. The summed E-state index contributed by atoms with van der Waals surface area (Å²) in [5, 5.41) is 3.01. The Morgan fingerprint density at radius 3 is 2.50 bits per heavy atom. The van der Waals surface area contributed by atoms with Crippen LogP contribution in [0.2, 0.25) is 0 Å². The molecule has 1 amide bonds. The zero-order valence-electron chi connectivity index (χ0n) is 14.9. The van der Waals surface area contributed by atoms with Crippen molar-refractivity contribution in [2.75, 3.05) is 6.61 Å². The minimum atomic E-state index is -0.176. The first kappa shape index (κ1) is 18.0. The Morgan fingerprint density at radius 2 is 1.88 bits per heavy atom. The third-order valence-corrected chi connectivity index (χ3v) is 3.77. The van der Waals surface area contributed by atoms with Gasteiger partial charge in [-0.25, -0.2) is 4.98 Å². The van der Waals surface area contributed by atoms with Crippen LogP contribution >= 0.6 is 0 Å².